The van der Waals surface area contributed by atoms with Crippen molar-refractivity contribution in [3.63, 3.8) is 0 Å². The first-order chi connectivity index (χ1) is 17.2. The fourth-order valence-electron chi connectivity index (χ4n) is 4.17. The fourth-order valence-corrected chi connectivity index (χ4v) is 4.17. The van der Waals surface area contributed by atoms with Crippen LogP contribution in [0.4, 0.5) is 5.69 Å². The average Bonchev–Trinajstić information content (AvgIpc) is 3.18. The minimum Gasteiger partial charge on any atom is -0.388 e. The smallest absolute Gasteiger partial charge is 0.258 e. The molecule has 36 heavy (non-hydrogen) atoms. The number of aryl methyl sites for hydroxylation is 4. The van der Waals surface area contributed by atoms with E-state index in [0.29, 0.717) is 24.1 Å². The third-order valence-corrected chi connectivity index (χ3v) is 6.32. The first-order valence-corrected chi connectivity index (χ1v) is 11.8. The number of nitrogens with zero attached hydrogens (tertiary/aromatic N) is 3. The van der Waals surface area contributed by atoms with Gasteiger partial charge in [-0.3, -0.25) is 15.6 Å². The highest BCUT2D eigenvalue weighted by atomic mass is 16.2. The van der Waals surface area contributed by atoms with Gasteiger partial charge in [-0.2, -0.15) is 0 Å². The van der Waals surface area contributed by atoms with Crippen molar-refractivity contribution in [3.05, 3.63) is 94.8 Å². The lowest BCUT2D eigenvalue weighted by Gasteiger charge is -2.23. The van der Waals surface area contributed by atoms with Gasteiger partial charge in [0.05, 0.1) is 16.9 Å². The number of fused-ring (bicyclic) bond motifs is 1. The Balaban J connectivity index is 1.56. The zero-order chi connectivity index (χ0) is 25.8. The number of carbonyl (C=O) groups is 1. The molecule has 0 aliphatic heterocycles. The summed E-state index contributed by atoms with van der Waals surface area (Å²) in [6, 6.07) is 21.0. The number of benzene rings is 3. The maximum absolute atomic E-state index is 13.5. The molecular weight excluding hydrogens is 450 g/mol. The molecule has 0 saturated carbocycles. The average molecular weight is 482 g/mol. The van der Waals surface area contributed by atoms with Gasteiger partial charge >= 0.3 is 0 Å². The lowest BCUT2D eigenvalue weighted by Crippen LogP contribution is -2.34. The van der Waals surface area contributed by atoms with Gasteiger partial charge in [0.2, 0.25) is 0 Å². The number of nitrogens with two attached hydrogens (primary N) is 2. The van der Waals surface area contributed by atoms with Crippen molar-refractivity contribution in [3.8, 4) is 0 Å². The first kappa shape index (κ1) is 24.7. The predicted octanol–water partition coefficient (Wildman–Crippen LogP) is 3.92. The highest BCUT2D eigenvalue weighted by molar-refractivity contribution is 6.08. The molecule has 4 rings (SSSR count). The molecule has 1 heterocycles. The van der Waals surface area contributed by atoms with Crippen LogP contribution in [-0.2, 0) is 19.9 Å². The van der Waals surface area contributed by atoms with Gasteiger partial charge in [-0.1, -0.05) is 42.0 Å². The summed E-state index contributed by atoms with van der Waals surface area (Å²) in [6.07, 6.45) is 1.83. The van der Waals surface area contributed by atoms with Gasteiger partial charge in [-0.15, -0.1) is 0 Å². The van der Waals surface area contributed by atoms with E-state index in [0.717, 1.165) is 46.5 Å². The second-order valence-corrected chi connectivity index (χ2v) is 8.97. The molecule has 0 bridgehead atoms. The van der Waals surface area contributed by atoms with Crippen LogP contribution in [0.25, 0.3) is 11.0 Å². The summed E-state index contributed by atoms with van der Waals surface area (Å²) in [5, 5.41) is 15.1. The number of hydrogen-bond donors (Lipinski definition) is 4. The Hall–Kier alpha value is -4.46. The highest BCUT2D eigenvalue weighted by Gasteiger charge is 2.19. The number of anilines is 1. The number of nitrogen functional groups attached to an aromatic ring is 1. The molecule has 0 fully saturated rings. The molecule has 0 atom stereocenters. The molecule has 0 spiro atoms. The minimum absolute atomic E-state index is 0.0423. The summed E-state index contributed by atoms with van der Waals surface area (Å²) in [5.41, 5.74) is 17.1. The molecule has 8 heteroatoms. The van der Waals surface area contributed by atoms with Crippen molar-refractivity contribution in [2.24, 2.45) is 18.5 Å². The van der Waals surface area contributed by atoms with Crippen LogP contribution in [-0.4, -0.2) is 33.7 Å². The van der Waals surface area contributed by atoms with Crippen molar-refractivity contribution in [1.82, 2.24) is 9.55 Å². The summed E-state index contributed by atoms with van der Waals surface area (Å²) < 4.78 is 2.06. The van der Waals surface area contributed by atoms with Crippen LogP contribution >= 0.6 is 0 Å². The second-order valence-electron chi connectivity index (χ2n) is 8.97. The molecule has 0 saturated heterocycles. The number of nitrogens with one attached hydrogen (secondary N) is 2. The zero-order valence-electron chi connectivity index (χ0n) is 20.6. The van der Waals surface area contributed by atoms with Gasteiger partial charge in [0.25, 0.3) is 5.91 Å². The molecule has 0 unspecified atom stereocenters. The molecular formula is C28H31N7O. The Morgan fingerprint density at radius 1 is 0.944 bits per heavy atom. The van der Waals surface area contributed by atoms with Crippen molar-refractivity contribution in [1.29, 1.82) is 10.8 Å². The number of imidazole rings is 1. The summed E-state index contributed by atoms with van der Waals surface area (Å²) in [7, 11) is 1.98. The maximum Gasteiger partial charge on any atom is 0.258 e. The molecule has 3 aromatic carbocycles. The van der Waals surface area contributed by atoms with Gasteiger partial charge in [-0.25, -0.2) is 4.98 Å². The van der Waals surface area contributed by atoms with E-state index in [1.54, 1.807) is 4.90 Å². The van der Waals surface area contributed by atoms with Gasteiger partial charge in [0, 0.05) is 43.2 Å². The fraction of sp³-hybridized carbons (Fsp3) is 0.214. The molecule has 1 aromatic heterocycles. The normalized spacial score (nSPS) is 10.9. The van der Waals surface area contributed by atoms with Crippen LogP contribution in [0.1, 0.15) is 39.3 Å². The Morgan fingerprint density at radius 3 is 2.25 bits per heavy atom. The van der Waals surface area contributed by atoms with Crippen molar-refractivity contribution in [2.45, 2.75) is 26.2 Å². The van der Waals surface area contributed by atoms with E-state index in [4.69, 9.17) is 27.3 Å². The minimum atomic E-state index is -0.153. The molecule has 0 aliphatic carbocycles. The lowest BCUT2D eigenvalue weighted by atomic mass is 10.1. The van der Waals surface area contributed by atoms with Crippen LogP contribution in [0.3, 0.4) is 0 Å². The SMILES string of the molecule is Cc1ccc(N(CCC(=N)N)C(=O)c2ccc3c(c2)nc(CCc2ccc(C(=N)N)cc2)n3C)cc1. The number of hydrogen-bond acceptors (Lipinski definition) is 4. The standard InChI is InChI=1S/C28H31N7O/c1-18-3-11-22(12-4-18)35(16-15-25(29)30)28(36)21-10-13-24-23(17-21)33-26(34(24)2)14-7-19-5-8-20(9-6-19)27(31)32/h3-6,8-13,17H,7,14-16H2,1-2H3,(H3,29,30)(H3,31,32). The van der Waals surface area contributed by atoms with E-state index < -0.39 is 0 Å². The summed E-state index contributed by atoms with van der Waals surface area (Å²) in [5.74, 6) is 0.877. The van der Waals surface area contributed by atoms with Crippen molar-refractivity contribution >= 4 is 34.3 Å². The monoisotopic (exact) mass is 481 g/mol. The first-order valence-electron chi connectivity index (χ1n) is 11.8. The van der Waals surface area contributed by atoms with Crippen molar-refractivity contribution in [2.75, 3.05) is 11.4 Å². The van der Waals surface area contributed by atoms with Crippen LogP contribution in [0.15, 0.2) is 66.7 Å². The van der Waals surface area contributed by atoms with E-state index in [-0.39, 0.29) is 17.6 Å². The molecule has 0 radical (unpaired) electrons. The van der Waals surface area contributed by atoms with Gasteiger partial charge in [0.1, 0.15) is 11.7 Å². The molecule has 8 nitrogen and oxygen atoms in total. The number of amides is 1. The third kappa shape index (κ3) is 5.43. The second kappa shape index (κ2) is 10.4. The molecule has 6 N–H and O–H groups in total. The molecule has 1 amide bonds. The van der Waals surface area contributed by atoms with E-state index in [9.17, 15) is 4.79 Å². The Bertz CT molecular complexity index is 1420. The quantitative estimate of drug-likeness (QED) is 0.213. The molecule has 184 valence electrons. The highest BCUT2D eigenvalue weighted by Crippen LogP contribution is 2.22. The summed E-state index contributed by atoms with van der Waals surface area (Å²) in [4.78, 5) is 20.0. The maximum atomic E-state index is 13.5. The van der Waals surface area contributed by atoms with E-state index in [1.807, 2.05) is 80.7 Å². The molecule has 4 aromatic rings. The lowest BCUT2D eigenvalue weighted by molar-refractivity contribution is 0.0987. The van der Waals surface area contributed by atoms with Crippen LogP contribution in [0.2, 0.25) is 0 Å². The molecule has 0 aliphatic rings. The van der Waals surface area contributed by atoms with E-state index in [2.05, 4.69) is 4.57 Å². The Morgan fingerprint density at radius 2 is 1.61 bits per heavy atom. The number of rotatable bonds is 9. The van der Waals surface area contributed by atoms with Gasteiger partial charge in [-0.05, 0) is 49.2 Å². The number of aromatic nitrogens is 2. The Kier molecular flexibility index (Phi) is 7.15. The van der Waals surface area contributed by atoms with E-state index >= 15 is 0 Å². The summed E-state index contributed by atoms with van der Waals surface area (Å²) in [6.45, 7) is 2.32. The third-order valence-electron chi connectivity index (χ3n) is 6.32. The van der Waals surface area contributed by atoms with E-state index in [1.165, 1.54) is 0 Å². The number of amidine groups is 2. The van der Waals surface area contributed by atoms with Crippen LogP contribution < -0.4 is 16.4 Å². The van der Waals surface area contributed by atoms with Crippen LogP contribution in [0.5, 0.6) is 0 Å². The number of carbonyl (C=O) groups excluding carboxylic acids is 1. The predicted molar refractivity (Wildman–Crippen MR) is 145 cm³/mol. The van der Waals surface area contributed by atoms with Gasteiger partial charge < -0.3 is 20.9 Å². The van der Waals surface area contributed by atoms with Gasteiger partial charge in [0.15, 0.2) is 0 Å². The Labute approximate surface area is 210 Å². The van der Waals surface area contributed by atoms with Crippen molar-refractivity contribution < 1.29 is 4.79 Å². The zero-order valence-corrected chi connectivity index (χ0v) is 20.6. The van der Waals surface area contributed by atoms with Crippen LogP contribution in [0, 0.1) is 17.7 Å². The topological polar surface area (TPSA) is 138 Å². The largest absolute Gasteiger partial charge is 0.388 e. The summed E-state index contributed by atoms with van der Waals surface area (Å²) >= 11 is 0.